The van der Waals surface area contributed by atoms with Gasteiger partial charge in [0.1, 0.15) is 0 Å². The molecule has 2 aliphatic rings. The molecule has 0 radical (unpaired) electrons. The van der Waals surface area contributed by atoms with Gasteiger partial charge in [-0.3, -0.25) is 10.1 Å². The van der Waals surface area contributed by atoms with Gasteiger partial charge in [-0.25, -0.2) is 0 Å². The van der Waals surface area contributed by atoms with Crippen LogP contribution in [-0.4, -0.2) is 43.0 Å². The first kappa shape index (κ1) is 12.4. The van der Waals surface area contributed by atoms with E-state index in [2.05, 4.69) is 16.8 Å². The van der Waals surface area contributed by atoms with Gasteiger partial charge in [0.05, 0.1) is 4.92 Å². The maximum atomic E-state index is 11.2. The van der Waals surface area contributed by atoms with Crippen LogP contribution in [0.3, 0.4) is 0 Å². The van der Waals surface area contributed by atoms with Crippen LogP contribution in [0, 0.1) is 10.1 Å². The number of hydrogen-bond acceptors (Lipinski definition) is 4. The molecule has 0 aromatic heterocycles. The molecular formula is C14H19N3O2. The Morgan fingerprint density at radius 1 is 1.21 bits per heavy atom. The van der Waals surface area contributed by atoms with Crippen molar-refractivity contribution in [2.24, 2.45) is 0 Å². The number of rotatable bonds is 3. The largest absolute Gasteiger partial charge is 0.369 e. The van der Waals surface area contributed by atoms with Crippen LogP contribution in [0.2, 0.25) is 0 Å². The van der Waals surface area contributed by atoms with E-state index >= 15 is 0 Å². The molecular weight excluding hydrogens is 242 g/mol. The zero-order chi connectivity index (χ0) is 13.4. The van der Waals surface area contributed by atoms with E-state index in [9.17, 15) is 10.1 Å². The van der Waals surface area contributed by atoms with Crippen LogP contribution >= 0.6 is 0 Å². The molecule has 0 amide bonds. The van der Waals surface area contributed by atoms with Crippen LogP contribution < -0.4 is 4.90 Å². The molecule has 0 bridgehead atoms. The lowest BCUT2D eigenvalue weighted by Gasteiger charge is -2.34. The molecule has 1 saturated heterocycles. The average Bonchev–Trinajstić information content (AvgIpc) is 3.23. The molecule has 3 rings (SSSR count). The fourth-order valence-corrected chi connectivity index (χ4v) is 2.69. The van der Waals surface area contributed by atoms with Crippen molar-refractivity contribution in [1.29, 1.82) is 0 Å². The SMILES string of the molecule is CN1CCN(c2ccc(C3CC3)c([N+](=O)[O-])c2)CC1. The number of anilines is 1. The number of benzene rings is 1. The number of hydrogen-bond donors (Lipinski definition) is 0. The van der Waals surface area contributed by atoms with Crippen LogP contribution in [0.25, 0.3) is 0 Å². The first-order valence-electron chi connectivity index (χ1n) is 6.87. The van der Waals surface area contributed by atoms with Crippen LogP contribution in [0.5, 0.6) is 0 Å². The minimum atomic E-state index is -0.229. The summed E-state index contributed by atoms with van der Waals surface area (Å²) < 4.78 is 0. The Hall–Kier alpha value is -1.62. The van der Waals surface area contributed by atoms with Crippen molar-refractivity contribution in [3.8, 4) is 0 Å². The highest BCUT2D eigenvalue weighted by atomic mass is 16.6. The van der Waals surface area contributed by atoms with Crippen molar-refractivity contribution < 1.29 is 4.92 Å². The number of nitrogens with zero attached hydrogens (tertiary/aromatic N) is 3. The number of likely N-dealkylation sites (N-methyl/N-ethyl adjacent to an activating group) is 1. The Bertz CT molecular complexity index is 491. The molecule has 5 nitrogen and oxygen atoms in total. The van der Waals surface area contributed by atoms with Gasteiger partial charge in [-0.05, 0) is 37.9 Å². The summed E-state index contributed by atoms with van der Waals surface area (Å²) in [5.74, 6) is 0.418. The van der Waals surface area contributed by atoms with E-state index in [4.69, 9.17) is 0 Å². The van der Waals surface area contributed by atoms with E-state index in [0.29, 0.717) is 11.6 Å². The smallest absolute Gasteiger partial charge is 0.274 e. The van der Waals surface area contributed by atoms with Gasteiger partial charge in [-0.1, -0.05) is 0 Å². The molecule has 1 aromatic carbocycles. The molecule has 19 heavy (non-hydrogen) atoms. The molecule has 0 atom stereocenters. The van der Waals surface area contributed by atoms with Crippen LogP contribution in [0.1, 0.15) is 24.3 Å². The van der Waals surface area contributed by atoms with Crippen molar-refractivity contribution in [2.45, 2.75) is 18.8 Å². The standard InChI is InChI=1S/C14H19N3O2/c1-15-6-8-16(9-7-15)12-4-5-13(11-2-3-11)14(10-12)17(18)19/h4-5,10-11H,2-3,6-9H2,1H3. The minimum absolute atomic E-state index is 0.229. The number of piperazine rings is 1. The maximum Gasteiger partial charge on any atom is 0.274 e. The van der Waals surface area contributed by atoms with Crippen molar-refractivity contribution in [1.82, 2.24) is 4.90 Å². The molecule has 102 valence electrons. The van der Waals surface area contributed by atoms with E-state index in [1.807, 2.05) is 12.1 Å². The van der Waals surface area contributed by atoms with Gasteiger partial charge in [0.15, 0.2) is 0 Å². The second-order valence-corrected chi connectivity index (χ2v) is 5.56. The summed E-state index contributed by atoms with van der Waals surface area (Å²) in [6.45, 7) is 3.91. The molecule has 0 unspecified atom stereocenters. The topological polar surface area (TPSA) is 49.6 Å². The highest BCUT2D eigenvalue weighted by Gasteiger charge is 2.31. The summed E-state index contributed by atoms with van der Waals surface area (Å²) in [7, 11) is 2.11. The lowest BCUT2D eigenvalue weighted by molar-refractivity contribution is -0.385. The zero-order valence-electron chi connectivity index (χ0n) is 11.2. The minimum Gasteiger partial charge on any atom is -0.369 e. The zero-order valence-corrected chi connectivity index (χ0v) is 11.2. The summed E-state index contributed by atoms with van der Waals surface area (Å²) in [6, 6.07) is 5.77. The first-order valence-corrected chi connectivity index (χ1v) is 6.87. The predicted octanol–water partition coefficient (Wildman–Crippen LogP) is 2.22. The van der Waals surface area contributed by atoms with Gasteiger partial charge in [-0.2, -0.15) is 0 Å². The summed E-state index contributed by atoms with van der Waals surface area (Å²) in [5.41, 5.74) is 2.21. The lowest BCUT2D eigenvalue weighted by atomic mass is 10.1. The normalized spacial score (nSPS) is 20.6. The van der Waals surface area contributed by atoms with Crippen LogP contribution in [0.4, 0.5) is 11.4 Å². The van der Waals surface area contributed by atoms with Gasteiger partial charge < -0.3 is 9.80 Å². The molecule has 0 N–H and O–H groups in total. The Morgan fingerprint density at radius 3 is 2.47 bits per heavy atom. The van der Waals surface area contributed by atoms with Crippen molar-refractivity contribution in [3.63, 3.8) is 0 Å². The van der Waals surface area contributed by atoms with Crippen molar-refractivity contribution in [2.75, 3.05) is 38.1 Å². The van der Waals surface area contributed by atoms with E-state index in [1.54, 1.807) is 6.07 Å². The third-order valence-corrected chi connectivity index (χ3v) is 4.10. The molecule has 1 aliphatic carbocycles. The predicted molar refractivity (Wildman–Crippen MR) is 74.8 cm³/mol. The molecule has 2 fully saturated rings. The van der Waals surface area contributed by atoms with E-state index in [1.165, 1.54) is 0 Å². The van der Waals surface area contributed by atoms with E-state index < -0.39 is 0 Å². The van der Waals surface area contributed by atoms with Gasteiger partial charge in [-0.15, -0.1) is 0 Å². The van der Waals surface area contributed by atoms with E-state index in [-0.39, 0.29) is 4.92 Å². The molecule has 1 saturated carbocycles. The quantitative estimate of drug-likeness (QED) is 0.618. The van der Waals surface area contributed by atoms with Gasteiger partial charge in [0, 0.05) is 43.5 Å². The maximum absolute atomic E-state index is 11.2. The third-order valence-electron chi connectivity index (χ3n) is 4.10. The number of nitro groups is 1. The van der Waals surface area contributed by atoms with Crippen molar-refractivity contribution in [3.05, 3.63) is 33.9 Å². The Balaban J connectivity index is 1.86. The molecule has 1 aromatic rings. The summed E-state index contributed by atoms with van der Waals surface area (Å²) in [6.07, 6.45) is 2.18. The molecule has 5 heteroatoms. The first-order chi connectivity index (χ1) is 9.15. The van der Waals surface area contributed by atoms with Gasteiger partial charge in [0.25, 0.3) is 5.69 Å². The highest BCUT2D eigenvalue weighted by Crippen LogP contribution is 2.45. The number of nitro benzene ring substituents is 1. The fraction of sp³-hybridized carbons (Fsp3) is 0.571. The third kappa shape index (κ3) is 2.56. The van der Waals surface area contributed by atoms with Crippen LogP contribution in [0.15, 0.2) is 18.2 Å². The monoisotopic (exact) mass is 261 g/mol. The average molecular weight is 261 g/mol. The second kappa shape index (κ2) is 4.81. The van der Waals surface area contributed by atoms with Crippen LogP contribution in [-0.2, 0) is 0 Å². The fourth-order valence-electron chi connectivity index (χ4n) is 2.69. The highest BCUT2D eigenvalue weighted by molar-refractivity contribution is 5.58. The molecule has 0 spiro atoms. The van der Waals surface area contributed by atoms with E-state index in [0.717, 1.165) is 50.3 Å². The molecule has 1 aliphatic heterocycles. The van der Waals surface area contributed by atoms with Crippen molar-refractivity contribution >= 4 is 11.4 Å². The Labute approximate surface area is 113 Å². The summed E-state index contributed by atoms with van der Waals surface area (Å²) in [5, 5.41) is 11.2. The lowest BCUT2D eigenvalue weighted by Crippen LogP contribution is -2.44. The Morgan fingerprint density at radius 2 is 1.89 bits per heavy atom. The molecule has 1 heterocycles. The van der Waals surface area contributed by atoms with Gasteiger partial charge >= 0.3 is 0 Å². The Kier molecular flexibility index (Phi) is 3.14. The summed E-state index contributed by atoms with van der Waals surface area (Å²) >= 11 is 0. The van der Waals surface area contributed by atoms with Gasteiger partial charge in [0.2, 0.25) is 0 Å². The summed E-state index contributed by atoms with van der Waals surface area (Å²) in [4.78, 5) is 15.5. The second-order valence-electron chi connectivity index (χ2n) is 5.56.